The molecule has 1 heterocycles. The van der Waals surface area contributed by atoms with E-state index in [2.05, 4.69) is 15.5 Å². The maximum Gasteiger partial charge on any atom is 0.356 e. The number of benzene rings is 3. The lowest BCUT2D eigenvalue weighted by molar-refractivity contribution is -0.124. The first-order chi connectivity index (χ1) is 14.6. The van der Waals surface area contributed by atoms with Crippen LogP contribution in [0.15, 0.2) is 78.9 Å². The smallest absolute Gasteiger partial charge is 0.356 e. The standard InChI is InChI=1S/C24H21N3O3/c1-16(19-13-7-11-17-8-5-6-12-20(17)19)25-23(28)15-30-24(29)22-14-21(26-27-22)18-9-3-2-4-10-18/h2-14,16H,15H2,1H3,(H,25,28)(H,26,27)/t16-/m0/s1. The molecule has 6 nitrogen and oxygen atoms in total. The molecule has 1 atom stereocenters. The van der Waals surface area contributed by atoms with Crippen LogP contribution in [0.4, 0.5) is 0 Å². The lowest BCUT2D eigenvalue weighted by Gasteiger charge is -2.16. The fourth-order valence-corrected chi connectivity index (χ4v) is 3.38. The molecule has 4 aromatic rings. The number of aromatic nitrogens is 2. The Balaban J connectivity index is 1.35. The molecule has 6 heteroatoms. The van der Waals surface area contributed by atoms with Crippen LogP contribution in [0.2, 0.25) is 0 Å². The van der Waals surface area contributed by atoms with Gasteiger partial charge in [-0.2, -0.15) is 5.10 Å². The van der Waals surface area contributed by atoms with Crippen molar-refractivity contribution in [3.63, 3.8) is 0 Å². The molecular weight excluding hydrogens is 378 g/mol. The van der Waals surface area contributed by atoms with Crippen LogP contribution in [-0.2, 0) is 9.53 Å². The minimum absolute atomic E-state index is 0.198. The number of nitrogens with zero attached hydrogens (tertiary/aromatic N) is 1. The van der Waals surface area contributed by atoms with Gasteiger partial charge < -0.3 is 10.1 Å². The van der Waals surface area contributed by atoms with Gasteiger partial charge >= 0.3 is 5.97 Å². The van der Waals surface area contributed by atoms with Crippen LogP contribution >= 0.6 is 0 Å². The molecule has 0 aliphatic rings. The van der Waals surface area contributed by atoms with Gasteiger partial charge in [0.05, 0.1) is 11.7 Å². The number of ether oxygens (including phenoxy) is 1. The topological polar surface area (TPSA) is 84.1 Å². The van der Waals surface area contributed by atoms with Crippen molar-refractivity contribution in [1.82, 2.24) is 15.5 Å². The molecule has 2 N–H and O–H groups in total. The van der Waals surface area contributed by atoms with Gasteiger partial charge in [0.15, 0.2) is 6.61 Å². The van der Waals surface area contributed by atoms with Gasteiger partial charge in [0.1, 0.15) is 5.69 Å². The predicted octanol–water partition coefficient (Wildman–Crippen LogP) is 4.26. The third kappa shape index (κ3) is 4.22. The number of amides is 1. The number of carbonyl (C=O) groups is 2. The molecule has 150 valence electrons. The number of carbonyl (C=O) groups excluding carboxylic acids is 2. The zero-order valence-electron chi connectivity index (χ0n) is 16.5. The Morgan fingerprint density at radius 3 is 2.57 bits per heavy atom. The quantitative estimate of drug-likeness (QED) is 0.475. The number of H-pyrrole nitrogens is 1. The monoisotopic (exact) mass is 399 g/mol. The largest absolute Gasteiger partial charge is 0.451 e. The van der Waals surface area contributed by atoms with E-state index in [1.165, 1.54) is 0 Å². The van der Waals surface area contributed by atoms with Crippen molar-refractivity contribution in [2.24, 2.45) is 0 Å². The molecule has 0 saturated carbocycles. The van der Waals surface area contributed by atoms with E-state index in [1.54, 1.807) is 6.07 Å². The molecule has 0 saturated heterocycles. The Kier molecular flexibility index (Phi) is 5.57. The number of hydrogen-bond acceptors (Lipinski definition) is 4. The number of hydrogen-bond donors (Lipinski definition) is 2. The Bertz CT molecular complexity index is 1180. The molecule has 3 aromatic carbocycles. The summed E-state index contributed by atoms with van der Waals surface area (Å²) >= 11 is 0. The van der Waals surface area contributed by atoms with Gasteiger partial charge in [0, 0.05) is 5.56 Å². The van der Waals surface area contributed by atoms with Crippen LogP contribution in [0.25, 0.3) is 22.0 Å². The minimum atomic E-state index is -0.627. The third-order valence-electron chi connectivity index (χ3n) is 4.87. The summed E-state index contributed by atoms with van der Waals surface area (Å²) in [6, 6.07) is 24.8. The fraction of sp³-hybridized carbons (Fsp3) is 0.125. The van der Waals surface area contributed by atoms with Crippen LogP contribution in [0.3, 0.4) is 0 Å². The van der Waals surface area contributed by atoms with Crippen LogP contribution in [0.5, 0.6) is 0 Å². The first kappa shape index (κ1) is 19.4. The molecule has 1 aromatic heterocycles. The summed E-state index contributed by atoms with van der Waals surface area (Å²) in [5.74, 6) is -0.996. The van der Waals surface area contributed by atoms with Gasteiger partial charge in [-0.05, 0) is 29.3 Å². The van der Waals surface area contributed by atoms with Crippen LogP contribution < -0.4 is 5.32 Å². The molecule has 1 amide bonds. The van der Waals surface area contributed by atoms with Gasteiger partial charge in [-0.3, -0.25) is 9.89 Å². The Morgan fingerprint density at radius 2 is 1.73 bits per heavy atom. The van der Waals surface area contributed by atoms with E-state index in [0.29, 0.717) is 5.69 Å². The molecule has 4 rings (SSSR count). The van der Waals surface area contributed by atoms with Gasteiger partial charge in [0.2, 0.25) is 0 Å². The van der Waals surface area contributed by atoms with Crippen molar-refractivity contribution in [1.29, 1.82) is 0 Å². The second-order valence-corrected chi connectivity index (χ2v) is 6.97. The summed E-state index contributed by atoms with van der Waals surface area (Å²) in [6.07, 6.45) is 0. The van der Waals surface area contributed by atoms with Crippen LogP contribution in [-0.4, -0.2) is 28.7 Å². The van der Waals surface area contributed by atoms with Crippen molar-refractivity contribution >= 4 is 22.6 Å². The summed E-state index contributed by atoms with van der Waals surface area (Å²) < 4.78 is 5.14. The van der Waals surface area contributed by atoms with Crippen LogP contribution in [0.1, 0.15) is 29.0 Å². The first-order valence-corrected chi connectivity index (χ1v) is 9.67. The molecular formula is C24H21N3O3. The molecule has 0 unspecified atom stereocenters. The van der Waals surface area contributed by atoms with E-state index in [4.69, 9.17) is 4.74 Å². The SMILES string of the molecule is C[C@H](NC(=O)COC(=O)c1cc(-c2ccccc2)n[nH]1)c1cccc2ccccc12. The molecule has 0 aliphatic carbocycles. The summed E-state index contributed by atoms with van der Waals surface area (Å²) in [5.41, 5.74) is 2.73. The number of aromatic amines is 1. The Morgan fingerprint density at radius 1 is 1.00 bits per heavy atom. The molecule has 0 bridgehead atoms. The van der Waals surface area contributed by atoms with Crippen molar-refractivity contribution in [3.05, 3.63) is 90.1 Å². The van der Waals surface area contributed by atoms with Crippen molar-refractivity contribution in [2.45, 2.75) is 13.0 Å². The average Bonchev–Trinajstić information content (AvgIpc) is 3.28. The highest BCUT2D eigenvalue weighted by Gasteiger charge is 2.16. The number of rotatable bonds is 6. The summed E-state index contributed by atoms with van der Waals surface area (Å²) in [6.45, 7) is 1.54. The molecule has 0 radical (unpaired) electrons. The number of esters is 1. The van der Waals surface area contributed by atoms with Crippen LogP contribution in [0, 0.1) is 0 Å². The van der Waals surface area contributed by atoms with E-state index in [-0.39, 0.29) is 24.2 Å². The molecule has 0 fully saturated rings. The zero-order chi connectivity index (χ0) is 20.9. The second kappa shape index (κ2) is 8.61. The summed E-state index contributed by atoms with van der Waals surface area (Å²) in [4.78, 5) is 24.6. The number of fused-ring (bicyclic) bond motifs is 1. The third-order valence-corrected chi connectivity index (χ3v) is 4.87. The second-order valence-electron chi connectivity index (χ2n) is 6.97. The maximum atomic E-state index is 12.3. The highest BCUT2D eigenvalue weighted by Crippen LogP contribution is 2.24. The zero-order valence-corrected chi connectivity index (χ0v) is 16.5. The molecule has 0 aliphatic heterocycles. The van der Waals surface area contributed by atoms with Gasteiger partial charge in [0.25, 0.3) is 5.91 Å². The van der Waals surface area contributed by atoms with E-state index in [1.807, 2.05) is 79.7 Å². The molecule has 0 spiro atoms. The molecule has 30 heavy (non-hydrogen) atoms. The van der Waals surface area contributed by atoms with E-state index < -0.39 is 5.97 Å². The van der Waals surface area contributed by atoms with Crippen molar-refractivity contribution in [3.8, 4) is 11.3 Å². The predicted molar refractivity (Wildman–Crippen MR) is 115 cm³/mol. The lowest BCUT2D eigenvalue weighted by atomic mass is 10.00. The van der Waals surface area contributed by atoms with Gasteiger partial charge in [-0.1, -0.05) is 72.8 Å². The lowest BCUT2D eigenvalue weighted by Crippen LogP contribution is -2.31. The van der Waals surface area contributed by atoms with Crippen molar-refractivity contribution in [2.75, 3.05) is 6.61 Å². The average molecular weight is 399 g/mol. The maximum absolute atomic E-state index is 12.3. The van der Waals surface area contributed by atoms with Gasteiger partial charge in [-0.25, -0.2) is 4.79 Å². The highest BCUT2D eigenvalue weighted by molar-refractivity contribution is 5.91. The van der Waals surface area contributed by atoms with Gasteiger partial charge in [-0.15, -0.1) is 0 Å². The Hall–Kier alpha value is -3.93. The number of nitrogens with one attached hydrogen (secondary N) is 2. The first-order valence-electron chi connectivity index (χ1n) is 9.67. The van der Waals surface area contributed by atoms with E-state index in [0.717, 1.165) is 21.9 Å². The van der Waals surface area contributed by atoms with Crippen molar-refractivity contribution < 1.29 is 14.3 Å². The normalized spacial score (nSPS) is 11.8. The fourth-order valence-electron chi connectivity index (χ4n) is 3.38. The summed E-state index contributed by atoms with van der Waals surface area (Å²) in [7, 11) is 0. The summed E-state index contributed by atoms with van der Waals surface area (Å²) in [5, 5.41) is 11.9. The van der Waals surface area contributed by atoms with E-state index in [9.17, 15) is 9.59 Å². The highest BCUT2D eigenvalue weighted by atomic mass is 16.5. The Labute approximate surface area is 173 Å². The minimum Gasteiger partial charge on any atom is -0.451 e. The van der Waals surface area contributed by atoms with E-state index >= 15 is 0 Å².